The lowest BCUT2D eigenvalue weighted by molar-refractivity contribution is -0.125. The maximum Gasteiger partial charge on any atom is 0.223 e. The largest absolute Gasteiger partial charge is 0.352 e. The predicted molar refractivity (Wildman–Crippen MR) is 73.1 cm³/mol. The second kappa shape index (κ2) is 6.10. The summed E-state index contributed by atoms with van der Waals surface area (Å²) in [6.07, 6.45) is 2.06. The zero-order valence-electron chi connectivity index (χ0n) is 10.2. The molecule has 1 aromatic rings. The lowest BCUT2D eigenvalue weighted by atomic mass is 10.0. The van der Waals surface area contributed by atoms with Gasteiger partial charge in [-0.1, -0.05) is 29.8 Å². The number of rotatable bonds is 3. The number of aryl methyl sites for hydroxylation is 1. The Kier molecular flexibility index (Phi) is 4.49. The normalized spacial score (nSPS) is 16.8. The third kappa shape index (κ3) is 3.77. The van der Waals surface area contributed by atoms with E-state index >= 15 is 0 Å². The summed E-state index contributed by atoms with van der Waals surface area (Å²) in [5.74, 6) is 2.72. The molecule has 1 amide bonds. The quantitative estimate of drug-likeness (QED) is 0.892. The molecule has 3 heteroatoms. The number of amides is 1. The van der Waals surface area contributed by atoms with E-state index in [1.54, 1.807) is 0 Å². The summed E-state index contributed by atoms with van der Waals surface area (Å²) in [7, 11) is 0. The fraction of sp³-hybridized carbons (Fsp3) is 0.500. The Morgan fingerprint density at radius 1 is 1.41 bits per heavy atom. The summed E-state index contributed by atoms with van der Waals surface area (Å²) in [5, 5.41) is 3.05. The highest BCUT2D eigenvalue weighted by atomic mass is 32.2. The number of carbonyl (C=O) groups excluding carboxylic acids is 1. The molecule has 0 atom stereocenters. The van der Waals surface area contributed by atoms with Crippen molar-refractivity contribution < 1.29 is 4.79 Å². The van der Waals surface area contributed by atoms with E-state index in [9.17, 15) is 4.79 Å². The third-order valence-electron chi connectivity index (χ3n) is 3.14. The van der Waals surface area contributed by atoms with E-state index < -0.39 is 0 Å². The molecule has 0 aromatic heterocycles. The first-order chi connectivity index (χ1) is 8.25. The van der Waals surface area contributed by atoms with E-state index in [1.807, 2.05) is 17.8 Å². The summed E-state index contributed by atoms with van der Waals surface area (Å²) in [6, 6.07) is 8.29. The molecule has 0 saturated carbocycles. The molecule has 0 spiro atoms. The number of hydrogen-bond donors (Lipinski definition) is 1. The smallest absolute Gasteiger partial charge is 0.223 e. The molecule has 1 fully saturated rings. The SMILES string of the molecule is Cc1cccc(CNC(=O)C2CCSCC2)c1. The van der Waals surface area contributed by atoms with Crippen LogP contribution >= 0.6 is 11.8 Å². The summed E-state index contributed by atoms with van der Waals surface area (Å²) in [5.41, 5.74) is 2.43. The molecule has 1 aliphatic rings. The molecular formula is C14H19NOS. The van der Waals surface area contributed by atoms with Gasteiger partial charge in [-0.3, -0.25) is 4.79 Å². The maximum atomic E-state index is 11.9. The Hall–Kier alpha value is -0.960. The van der Waals surface area contributed by atoms with Gasteiger partial charge in [0, 0.05) is 12.5 Å². The van der Waals surface area contributed by atoms with Gasteiger partial charge in [-0.25, -0.2) is 0 Å². The fourth-order valence-corrected chi connectivity index (χ4v) is 3.22. The first kappa shape index (κ1) is 12.5. The number of thioether (sulfide) groups is 1. The molecule has 92 valence electrons. The molecule has 1 saturated heterocycles. The Morgan fingerprint density at radius 3 is 2.88 bits per heavy atom. The van der Waals surface area contributed by atoms with Crippen molar-refractivity contribution in [3.63, 3.8) is 0 Å². The zero-order valence-corrected chi connectivity index (χ0v) is 11.1. The van der Waals surface area contributed by atoms with E-state index in [2.05, 4.69) is 30.4 Å². The van der Waals surface area contributed by atoms with Crippen molar-refractivity contribution in [1.29, 1.82) is 0 Å². The molecule has 2 rings (SSSR count). The van der Waals surface area contributed by atoms with E-state index in [-0.39, 0.29) is 11.8 Å². The van der Waals surface area contributed by atoms with E-state index in [0.717, 1.165) is 24.3 Å². The van der Waals surface area contributed by atoms with Crippen LogP contribution in [0.2, 0.25) is 0 Å². The number of hydrogen-bond acceptors (Lipinski definition) is 2. The van der Waals surface area contributed by atoms with Crippen molar-refractivity contribution in [3.05, 3.63) is 35.4 Å². The van der Waals surface area contributed by atoms with Crippen molar-refractivity contribution in [1.82, 2.24) is 5.32 Å². The number of carbonyl (C=O) groups is 1. The topological polar surface area (TPSA) is 29.1 Å². The van der Waals surface area contributed by atoms with Crippen LogP contribution in [0.5, 0.6) is 0 Å². The molecular weight excluding hydrogens is 230 g/mol. The van der Waals surface area contributed by atoms with Crippen LogP contribution in [-0.2, 0) is 11.3 Å². The van der Waals surface area contributed by atoms with Crippen LogP contribution in [0.3, 0.4) is 0 Å². The summed E-state index contributed by atoms with van der Waals surface area (Å²) >= 11 is 1.95. The molecule has 0 radical (unpaired) electrons. The minimum Gasteiger partial charge on any atom is -0.352 e. The highest BCUT2D eigenvalue weighted by Gasteiger charge is 2.20. The van der Waals surface area contributed by atoms with E-state index in [4.69, 9.17) is 0 Å². The molecule has 1 heterocycles. The van der Waals surface area contributed by atoms with Gasteiger partial charge in [0.25, 0.3) is 0 Å². The highest BCUT2D eigenvalue weighted by molar-refractivity contribution is 7.99. The first-order valence-corrected chi connectivity index (χ1v) is 7.32. The van der Waals surface area contributed by atoms with Crippen LogP contribution in [0.15, 0.2) is 24.3 Å². The summed E-state index contributed by atoms with van der Waals surface area (Å²) < 4.78 is 0. The average molecular weight is 249 g/mol. The molecule has 1 aromatic carbocycles. The van der Waals surface area contributed by atoms with Gasteiger partial charge in [0.05, 0.1) is 0 Å². The van der Waals surface area contributed by atoms with Crippen LogP contribution in [-0.4, -0.2) is 17.4 Å². The summed E-state index contributed by atoms with van der Waals surface area (Å²) in [6.45, 7) is 2.73. The van der Waals surface area contributed by atoms with E-state index in [1.165, 1.54) is 11.1 Å². The molecule has 0 bridgehead atoms. The number of benzene rings is 1. The van der Waals surface area contributed by atoms with Crippen LogP contribution in [0.25, 0.3) is 0 Å². The van der Waals surface area contributed by atoms with Crippen molar-refractivity contribution in [2.75, 3.05) is 11.5 Å². The van der Waals surface area contributed by atoms with Gasteiger partial charge in [0.2, 0.25) is 5.91 Å². The number of nitrogens with one attached hydrogen (secondary N) is 1. The van der Waals surface area contributed by atoms with Gasteiger partial charge >= 0.3 is 0 Å². The van der Waals surface area contributed by atoms with Gasteiger partial charge in [0.15, 0.2) is 0 Å². The van der Waals surface area contributed by atoms with Gasteiger partial charge in [-0.15, -0.1) is 0 Å². The predicted octanol–water partition coefficient (Wildman–Crippen LogP) is 2.75. The lowest BCUT2D eigenvalue weighted by Crippen LogP contribution is -2.32. The Bertz CT molecular complexity index is 386. The molecule has 2 nitrogen and oxygen atoms in total. The second-order valence-corrected chi connectivity index (χ2v) is 5.82. The Morgan fingerprint density at radius 2 is 2.18 bits per heavy atom. The van der Waals surface area contributed by atoms with Gasteiger partial charge in [0.1, 0.15) is 0 Å². The Labute approximate surface area is 107 Å². The first-order valence-electron chi connectivity index (χ1n) is 6.17. The van der Waals surface area contributed by atoms with Crippen LogP contribution < -0.4 is 5.32 Å². The summed E-state index contributed by atoms with van der Waals surface area (Å²) in [4.78, 5) is 11.9. The molecule has 1 aliphatic heterocycles. The fourth-order valence-electron chi connectivity index (χ4n) is 2.12. The van der Waals surface area contributed by atoms with Crippen molar-refractivity contribution >= 4 is 17.7 Å². The van der Waals surface area contributed by atoms with Gasteiger partial charge in [-0.2, -0.15) is 11.8 Å². The van der Waals surface area contributed by atoms with Gasteiger partial charge < -0.3 is 5.32 Å². The lowest BCUT2D eigenvalue weighted by Gasteiger charge is -2.20. The Balaban J connectivity index is 1.83. The minimum absolute atomic E-state index is 0.229. The van der Waals surface area contributed by atoms with Crippen LogP contribution in [0.1, 0.15) is 24.0 Å². The second-order valence-electron chi connectivity index (χ2n) is 4.59. The van der Waals surface area contributed by atoms with E-state index in [0.29, 0.717) is 6.54 Å². The van der Waals surface area contributed by atoms with Crippen LogP contribution in [0.4, 0.5) is 0 Å². The zero-order chi connectivity index (χ0) is 12.1. The molecule has 0 aliphatic carbocycles. The maximum absolute atomic E-state index is 11.9. The highest BCUT2D eigenvalue weighted by Crippen LogP contribution is 2.22. The average Bonchev–Trinajstić information content (AvgIpc) is 2.37. The monoisotopic (exact) mass is 249 g/mol. The van der Waals surface area contributed by atoms with Gasteiger partial charge in [-0.05, 0) is 36.8 Å². The molecule has 0 unspecified atom stereocenters. The standard InChI is InChI=1S/C14H19NOS/c1-11-3-2-4-12(9-11)10-15-14(16)13-5-7-17-8-6-13/h2-4,9,13H,5-8,10H2,1H3,(H,15,16). The third-order valence-corrected chi connectivity index (χ3v) is 4.19. The minimum atomic E-state index is 0.229. The van der Waals surface area contributed by atoms with Crippen molar-refractivity contribution in [2.45, 2.75) is 26.3 Å². The molecule has 17 heavy (non-hydrogen) atoms. The van der Waals surface area contributed by atoms with Crippen LogP contribution in [0, 0.1) is 12.8 Å². The van der Waals surface area contributed by atoms with Crippen molar-refractivity contribution in [2.24, 2.45) is 5.92 Å². The van der Waals surface area contributed by atoms with Crippen molar-refractivity contribution in [3.8, 4) is 0 Å². The molecule has 1 N–H and O–H groups in total.